The SMILES string of the molecule is Cn1cccc1C(=O)NCCN1C(=O)N=C2C=CSC2C1=O. The van der Waals surface area contributed by atoms with Crippen molar-refractivity contribution in [3.05, 3.63) is 35.5 Å². The largest absolute Gasteiger partial charge is 0.350 e. The van der Waals surface area contributed by atoms with Gasteiger partial charge in [0.25, 0.3) is 5.91 Å². The Hall–Kier alpha value is -2.35. The molecule has 1 atom stereocenters. The van der Waals surface area contributed by atoms with Crippen LogP contribution in [0, 0.1) is 0 Å². The maximum absolute atomic E-state index is 12.2. The van der Waals surface area contributed by atoms with Crippen LogP contribution in [0.25, 0.3) is 0 Å². The standard InChI is InChI=1S/C14H14N4O3S/c1-17-6-2-3-10(17)12(19)15-5-7-18-13(20)11-9(4-8-22-11)16-14(18)21/h2-4,6,8,11H,5,7H2,1H3,(H,15,19). The molecule has 2 aliphatic rings. The number of amides is 4. The molecular weight excluding hydrogens is 304 g/mol. The lowest BCUT2D eigenvalue weighted by atomic mass is 10.2. The number of urea groups is 1. The third kappa shape index (κ3) is 2.57. The second kappa shape index (κ2) is 5.80. The summed E-state index contributed by atoms with van der Waals surface area (Å²) in [5.74, 6) is -0.524. The van der Waals surface area contributed by atoms with E-state index in [1.807, 2.05) is 0 Å². The number of nitrogens with zero attached hydrogens (tertiary/aromatic N) is 3. The quantitative estimate of drug-likeness (QED) is 0.889. The Morgan fingerprint density at radius 3 is 3.00 bits per heavy atom. The molecule has 3 rings (SSSR count). The molecule has 0 aliphatic carbocycles. The molecule has 114 valence electrons. The Balaban J connectivity index is 1.58. The summed E-state index contributed by atoms with van der Waals surface area (Å²) in [6.45, 7) is 0.304. The fraction of sp³-hybridized carbons (Fsp3) is 0.286. The second-order valence-electron chi connectivity index (χ2n) is 4.89. The zero-order valence-electron chi connectivity index (χ0n) is 11.9. The van der Waals surface area contributed by atoms with Crippen molar-refractivity contribution in [3.63, 3.8) is 0 Å². The normalized spacial score (nSPS) is 20.1. The van der Waals surface area contributed by atoms with Gasteiger partial charge >= 0.3 is 6.03 Å². The lowest BCUT2D eigenvalue weighted by Crippen LogP contribution is -2.49. The van der Waals surface area contributed by atoms with Gasteiger partial charge in [0, 0.05) is 26.3 Å². The topological polar surface area (TPSA) is 83.8 Å². The third-order valence-electron chi connectivity index (χ3n) is 3.47. The number of rotatable bonds is 4. The highest BCUT2D eigenvalue weighted by atomic mass is 32.2. The Labute approximate surface area is 131 Å². The van der Waals surface area contributed by atoms with E-state index in [1.165, 1.54) is 11.8 Å². The van der Waals surface area contributed by atoms with Crippen molar-refractivity contribution in [2.45, 2.75) is 5.25 Å². The molecule has 22 heavy (non-hydrogen) atoms. The molecule has 7 nitrogen and oxygen atoms in total. The number of hydrogen-bond acceptors (Lipinski definition) is 4. The van der Waals surface area contributed by atoms with Gasteiger partial charge in [-0.15, -0.1) is 11.8 Å². The van der Waals surface area contributed by atoms with Gasteiger partial charge in [-0.1, -0.05) is 0 Å². The minimum Gasteiger partial charge on any atom is -0.349 e. The number of carbonyl (C=O) groups is 3. The molecule has 1 N–H and O–H groups in total. The predicted octanol–water partition coefficient (Wildman–Crippen LogP) is 0.787. The van der Waals surface area contributed by atoms with Crippen molar-refractivity contribution in [2.75, 3.05) is 13.1 Å². The minimum atomic E-state index is -0.573. The number of fused-ring (bicyclic) bond motifs is 1. The maximum atomic E-state index is 12.2. The van der Waals surface area contributed by atoms with Crippen LogP contribution >= 0.6 is 11.8 Å². The van der Waals surface area contributed by atoms with E-state index in [4.69, 9.17) is 0 Å². The highest BCUT2D eigenvalue weighted by Gasteiger charge is 2.38. The molecule has 1 unspecified atom stereocenters. The van der Waals surface area contributed by atoms with Crippen molar-refractivity contribution in [1.82, 2.24) is 14.8 Å². The van der Waals surface area contributed by atoms with Crippen LogP contribution in [0.3, 0.4) is 0 Å². The molecule has 1 aromatic heterocycles. The molecule has 0 radical (unpaired) electrons. The van der Waals surface area contributed by atoms with Crippen LogP contribution in [0.2, 0.25) is 0 Å². The molecule has 0 spiro atoms. The number of carbonyl (C=O) groups excluding carboxylic acids is 3. The third-order valence-corrected chi connectivity index (χ3v) is 4.47. The van der Waals surface area contributed by atoms with Gasteiger partial charge < -0.3 is 9.88 Å². The maximum Gasteiger partial charge on any atom is 0.350 e. The van der Waals surface area contributed by atoms with E-state index in [2.05, 4.69) is 10.3 Å². The fourth-order valence-electron chi connectivity index (χ4n) is 2.31. The number of nitrogens with one attached hydrogen (secondary N) is 1. The average molecular weight is 318 g/mol. The van der Waals surface area contributed by atoms with E-state index < -0.39 is 11.3 Å². The molecule has 2 aliphatic heterocycles. The summed E-state index contributed by atoms with van der Waals surface area (Å²) in [7, 11) is 1.77. The smallest absolute Gasteiger partial charge is 0.349 e. The van der Waals surface area contributed by atoms with Crippen LogP contribution in [0.4, 0.5) is 4.79 Å². The van der Waals surface area contributed by atoms with Crippen molar-refractivity contribution < 1.29 is 14.4 Å². The van der Waals surface area contributed by atoms with Crippen molar-refractivity contribution in [1.29, 1.82) is 0 Å². The number of hydrogen-bond donors (Lipinski definition) is 1. The first-order chi connectivity index (χ1) is 10.6. The molecule has 0 fully saturated rings. The Kier molecular flexibility index (Phi) is 3.84. The first-order valence-corrected chi connectivity index (χ1v) is 7.67. The molecule has 0 saturated carbocycles. The van der Waals surface area contributed by atoms with Crippen molar-refractivity contribution in [2.24, 2.45) is 12.0 Å². The summed E-state index contributed by atoms with van der Waals surface area (Å²) in [6.07, 6.45) is 3.45. The van der Waals surface area contributed by atoms with Gasteiger partial charge in [-0.2, -0.15) is 4.99 Å². The van der Waals surface area contributed by atoms with Gasteiger partial charge in [0.05, 0.1) is 5.71 Å². The lowest BCUT2D eigenvalue weighted by molar-refractivity contribution is -0.126. The van der Waals surface area contributed by atoms with Crippen molar-refractivity contribution >= 4 is 35.3 Å². The van der Waals surface area contributed by atoms with E-state index >= 15 is 0 Å². The number of aromatic nitrogens is 1. The fourth-order valence-corrected chi connectivity index (χ4v) is 3.20. The van der Waals surface area contributed by atoms with Gasteiger partial charge in [0.15, 0.2) is 0 Å². The van der Waals surface area contributed by atoms with E-state index in [-0.39, 0.29) is 24.9 Å². The Morgan fingerprint density at radius 1 is 1.45 bits per heavy atom. The van der Waals surface area contributed by atoms with Crippen LogP contribution in [0.1, 0.15) is 10.5 Å². The highest BCUT2D eigenvalue weighted by molar-refractivity contribution is 8.04. The van der Waals surface area contributed by atoms with Crippen LogP contribution < -0.4 is 5.32 Å². The van der Waals surface area contributed by atoms with E-state index in [0.717, 1.165) is 4.90 Å². The van der Waals surface area contributed by atoms with Gasteiger partial charge in [0.2, 0.25) is 5.91 Å². The molecule has 3 heterocycles. The van der Waals surface area contributed by atoms with E-state index in [9.17, 15) is 14.4 Å². The molecule has 1 aromatic rings. The summed E-state index contributed by atoms with van der Waals surface area (Å²) in [5, 5.41) is 4.03. The van der Waals surface area contributed by atoms with Crippen LogP contribution in [-0.2, 0) is 11.8 Å². The number of imide groups is 1. The number of thioether (sulfide) groups is 1. The summed E-state index contributed by atoms with van der Waals surface area (Å²) in [4.78, 5) is 41.0. The van der Waals surface area contributed by atoms with Gasteiger partial charge in [0.1, 0.15) is 10.9 Å². The van der Waals surface area contributed by atoms with Crippen LogP contribution in [0.15, 0.2) is 34.8 Å². The molecule has 0 aromatic carbocycles. The molecule has 4 amide bonds. The highest BCUT2D eigenvalue weighted by Crippen LogP contribution is 2.27. The second-order valence-corrected chi connectivity index (χ2v) is 5.90. The predicted molar refractivity (Wildman–Crippen MR) is 82.8 cm³/mol. The summed E-state index contributed by atoms with van der Waals surface area (Å²) < 4.78 is 1.70. The van der Waals surface area contributed by atoms with Gasteiger partial charge in [-0.3, -0.25) is 14.5 Å². The lowest BCUT2D eigenvalue weighted by Gasteiger charge is -2.25. The van der Waals surface area contributed by atoms with Crippen LogP contribution in [-0.4, -0.2) is 51.4 Å². The number of aliphatic imine (C=N–C) groups is 1. The molecule has 8 heteroatoms. The zero-order valence-corrected chi connectivity index (χ0v) is 12.7. The first kappa shape index (κ1) is 14.6. The van der Waals surface area contributed by atoms with Gasteiger partial charge in [-0.25, -0.2) is 4.79 Å². The van der Waals surface area contributed by atoms with Gasteiger partial charge in [-0.05, 0) is 23.6 Å². The van der Waals surface area contributed by atoms with E-state index in [1.54, 1.807) is 41.4 Å². The van der Waals surface area contributed by atoms with Crippen molar-refractivity contribution in [3.8, 4) is 0 Å². The monoisotopic (exact) mass is 318 g/mol. The molecule has 0 saturated heterocycles. The number of allylic oxidation sites excluding steroid dienone is 1. The van der Waals surface area contributed by atoms with E-state index in [0.29, 0.717) is 11.4 Å². The Morgan fingerprint density at radius 2 is 2.27 bits per heavy atom. The molecular formula is C14H14N4O3S. The average Bonchev–Trinajstić information content (AvgIpc) is 3.10. The summed E-state index contributed by atoms with van der Waals surface area (Å²) >= 11 is 1.33. The summed E-state index contributed by atoms with van der Waals surface area (Å²) in [5.41, 5.74) is 1.02. The zero-order chi connectivity index (χ0) is 15.7. The minimum absolute atomic E-state index is 0.113. The Bertz CT molecular complexity index is 707. The van der Waals surface area contributed by atoms with Crippen LogP contribution in [0.5, 0.6) is 0 Å². The molecule has 0 bridgehead atoms. The first-order valence-electron chi connectivity index (χ1n) is 6.73. The number of aryl methyl sites for hydroxylation is 1. The summed E-state index contributed by atoms with van der Waals surface area (Å²) in [6, 6.07) is 2.90.